The zero-order chi connectivity index (χ0) is 92.6. The second-order valence-electron chi connectivity index (χ2n) is 37.7. The minimum Gasteiger partial charge on any atom is -0.495 e. The fourth-order valence-corrected chi connectivity index (χ4v) is 17.8. The number of nitrogens with one attached hydrogen (secondary N) is 4. The van der Waals surface area contributed by atoms with Gasteiger partial charge >= 0.3 is 24.1 Å². The number of carbonyl (C=O) groups is 4. The molecule has 0 spiro atoms. The van der Waals surface area contributed by atoms with E-state index in [-0.39, 0.29) is 71.5 Å². The number of nitrogens with zero attached hydrogens (tertiary/aromatic N) is 25. The molecule has 36 heteroatoms. The molecular weight excluding hydrogens is 1740 g/mol. The molecular formula is C95H121BrClN29O5. The summed E-state index contributed by atoms with van der Waals surface area (Å²) >= 11 is 9.80. The van der Waals surface area contributed by atoms with Crippen molar-refractivity contribution in [1.82, 2.24) is 103 Å². The summed E-state index contributed by atoms with van der Waals surface area (Å²) in [6, 6.07) is 30.0. The summed E-state index contributed by atoms with van der Waals surface area (Å²) in [5.74, 6) is 9.12. The number of benzene rings is 3. The van der Waals surface area contributed by atoms with Crippen LogP contribution in [0.3, 0.4) is 0 Å². The van der Waals surface area contributed by atoms with Crippen molar-refractivity contribution in [3.8, 4) is 22.8 Å². The van der Waals surface area contributed by atoms with Crippen molar-refractivity contribution >= 4 is 98.7 Å². The third-order valence-corrected chi connectivity index (χ3v) is 26.7. The van der Waals surface area contributed by atoms with Crippen LogP contribution in [0.2, 0.25) is 5.02 Å². The Morgan fingerprint density at radius 2 is 0.893 bits per heavy atom. The molecule has 3 aromatic carbocycles. The lowest BCUT2D eigenvalue weighted by atomic mass is 10.0. The van der Waals surface area contributed by atoms with E-state index in [0.717, 1.165) is 83.4 Å². The van der Waals surface area contributed by atoms with Crippen LogP contribution in [0.5, 0.6) is 5.75 Å². The number of aryl methyl sites for hydroxylation is 1. The molecule has 34 nitrogen and oxygen atoms in total. The summed E-state index contributed by atoms with van der Waals surface area (Å²) in [4.78, 5) is 120. The standard InChI is InChI=1S/C26H30BrN7O.C25H30N8O.C23H28ClN7O2.C21H33N7O/c1-16(2)20-14-32(3)25(35)34(20)22-9-12-28-24(30-22)31-26(10-11-26)21-15-33(23(27)29-21)19-6-4-5-18(13-19)17-7-8-17;1-16(2)20-14-31(3)24(34)33(20)21-9-12-26-23(28-21)29-25(10-11-25)22-27-15-32(30-22)19-6-4-5-18(13-19)17-7-8-17;1-14(2)19-12-29(4)23(32)31(19)21-8-9-25-22(28-21)27-15(3)18-11-30(13-26-18)16-6-7-17(24)20(10-16)33-5;1-14(2)8-10-27-11-17(23-13-27)16(5)24-20-22-9-7-19(25-20)28-18(15(3)4)12-26(6)21(28)29/h4-6,9,12-13,15-17,20H,7-8,10-11,14H2,1-3H3,(H,28,30,31);4-6,9,12-13,15-17,20H,7-8,10-11,14H2,1-3H3,(H,26,28,29);6-11,13-15,19H,12H2,1-5H3,(H,25,27,28);7,9,11,13-16,18H,8,10,12H2,1-6H3,(H,22,24,25)/t2*20-;15-,19+;16-,18+/m1100/s1. The zero-order valence-electron chi connectivity index (χ0n) is 77.8. The van der Waals surface area contributed by atoms with Crippen molar-refractivity contribution in [3.05, 3.63) is 197 Å². The second kappa shape index (κ2) is 38.6. The molecule has 4 N–H and O–H groups in total. The molecule has 0 unspecified atom stereocenters. The van der Waals surface area contributed by atoms with Crippen LogP contribution >= 0.6 is 27.5 Å². The lowest BCUT2D eigenvalue weighted by Gasteiger charge is -2.25. The summed E-state index contributed by atoms with van der Waals surface area (Å²) in [5, 5.41) is 19.0. The quantitative estimate of drug-likeness (QED) is 0.0338. The molecule has 0 bridgehead atoms. The highest BCUT2D eigenvalue weighted by atomic mass is 79.9. The van der Waals surface area contributed by atoms with Gasteiger partial charge in [-0.25, -0.2) is 63.7 Å². The number of likely N-dealkylation sites (N-methyl/N-ethyl adjacent to an activating group) is 4. The first-order valence-electron chi connectivity index (χ1n) is 45.7. The fourth-order valence-electron chi connectivity index (χ4n) is 17.1. The van der Waals surface area contributed by atoms with Crippen LogP contribution in [0.25, 0.3) is 17.1 Å². The number of hydrogen-bond donors (Lipinski definition) is 4. The van der Waals surface area contributed by atoms with Crippen LogP contribution in [0.4, 0.5) is 66.2 Å². The number of aromatic nitrogens is 17. The van der Waals surface area contributed by atoms with Crippen LogP contribution in [-0.2, 0) is 17.6 Å². The van der Waals surface area contributed by atoms with E-state index in [1.54, 1.807) is 108 Å². The van der Waals surface area contributed by atoms with Gasteiger partial charge in [-0.2, -0.15) is 19.9 Å². The predicted molar refractivity (Wildman–Crippen MR) is 511 cm³/mol. The van der Waals surface area contributed by atoms with E-state index in [2.05, 4.69) is 221 Å². The van der Waals surface area contributed by atoms with E-state index in [1.165, 1.54) is 36.8 Å². The van der Waals surface area contributed by atoms with Crippen molar-refractivity contribution in [3.63, 3.8) is 0 Å². The largest absolute Gasteiger partial charge is 0.495 e. The number of halogens is 2. The fraction of sp³-hybridized carbons (Fsp3) is 0.484. The average Bonchev–Trinajstić information content (AvgIpc) is 1.59. The SMILES string of the molecule is CC(C)CCn1cnc([C@H](C)Nc2nccc(N3C(=O)N(C)C[C@@H]3C(C)C)n2)c1.CC(C)[C@H]1CN(C)C(=O)N1c1ccnc(NC2(c3cn(-c4cccc(C5CC5)c4)c(Br)n3)CC2)n1.CC(C)[C@H]1CN(C)C(=O)N1c1ccnc(NC2(c3ncn(-c4cccc(C5CC5)c4)n3)CC2)n1.COc1cc(-n2cnc([C@H](C)Nc3nccc(N4C(=O)N(C)C[C@@H]4C(C)C)n3)c2)ccc1Cl. The van der Waals surface area contributed by atoms with Gasteiger partial charge in [0.15, 0.2) is 10.6 Å². The third kappa shape index (κ3) is 20.5. The van der Waals surface area contributed by atoms with Crippen LogP contribution in [-0.4, -0.2) is 213 Å². The van der Waals surface area contributed by atoms with Crippen molar-refractivity contribution in [2.24, 2.45) is 29.6 Å². The van der Waals surface area contributed by atoms with Crippen LogP contribution in [0.1, 0.15) is 199 Å². The topological polar surface area (TPSA) is 339 Å². The lowest BCUT2D eigenvalue weighted by Crippen LogP contribution is -2.38. The Balaban J connectivity index is 0.000000128. The smallest absolute Gasteiger partial charge is 0.325 e. The Morgan fingerprint density at radius 1 is 0.466 bits per heavy atom. The summed E-state index contributed by atoms with van der Waals surface area (Å²) in [7, 11) is 8.90. The lowest BCUT2D eigenvalue weighted by molar-refractivity contribution is 0.228. The molecule has 4 aliphatic heterocycles. The highest BCUT2D eigenvalue weighted by molar-refractivity contribution is 9.10. The molecule has 8 fully saturated rings. The number of imidazole rings is 3. The Bertz CT molecular complexity index is 5900. The molecule has 131 heavy (non-hydrogen) atoms. The van der Waals surface area contributed by atoms with Crippen LogP contribution in [0.15, 0.2) is 158 Å². The van der Waals surface area contributed by atoms with Gasteiger partial charge < -0.3 is 54.7 Å². The number of anilines is 8. The summed E-state index contributed by atoms with van der Waals surface area (Å²) < 4.78 is 14.1. The maximum absolute atomic E-state index is 12.8. The second-order valence-corrected chi connectivity index (χ2v) is 38.9. The van der Waals surface area contributed by atoms with E-state index in [0.29, 0.717) is 125 Å². The Labute approximate surface area is 779 Å². The van der Waals surface area contributed by atoms with Gasteiger partial charge in [0.25, 0.3) is 0 Å². The van der Waals surface area contributed by atoms with Gasteiger partial charge in [0.1, 0.15) is 40.9 Å². The van der Waals surface area contributed by atoms with Crippen molar-refractivity contribution in [2.75, 3.05) is 102 Å². The minimum atomic E-state index is -0.374. The number of carbonyl (C=O) groups excluding carboxylic acids is 4. The van der Waals surface area contributed by atoms with Gasteiger partial charge in [-0.15, -0.1) is 5.10 Å². The van der Waals surface area contributed by atoms with Gasteiger partial charge in [-0.05, 0) is 201 Å². The molecule has 8 aromatic heterocycles. The van der Waals surface area contributed by atoms with Crippen LogP contribution in [0, 0.1) is 29.6 Å². The van der Waals surface area contributed by atoms with E-state index < -0.39 is 0 Å². The van der Waals surface area contributed by atoms with Gasteiger partial charge in [0.2, 0.25) is 23.8 Å². The Kier molecular flexibility index (Phi) is 27.1. The monoisotopic (exact) mass is 1860 g/mol. The number of methoxy groups -OCH3 is 1. The molecule has 12 heterocycles. The van der Waals surface area contributed by atoms with E-state index in [1.807, 2.05) is 82.0 Å². The first-order chi connectivity index (χ1) is 62.8. The molecule has 0 radical (unpaired) electrons. The average molecular weight is 1860 g/mol. The Hall–Kier alpha value is -12.4. The first kappa shape index (κ1) is 91.9. The molecule has 4 saturated carbocycles. The Morgan fingerprint density at radius 3 is 1.34 bits per heavy atom. The first-order valence-corrected chi connectivity index (χ1v) is 46.9. The molecule has 8 amide bonds. The molecule has 8 aliphatic rings. The number of hydrogen-bond acceptors (Lipinski definition) is 22. The predicted octanol–water partition coefficient (Wildman–Crippen LogP) is 17.4. The normalized spacial score (nSPS) is 19.5. The third-order valence-electron chi connectivity index (χ3n) is 25.8. The number of rotatable bonds is 29. The number of amides is 8. The number of ether oxygens (including phenoxy) is 1. The number of urea groups is 4. The molecule has 4 saturated heterocycles. The summed E-state index contributed by atoms with van der Waals surface area (Å²) in [5.41, 5.74) is 7.86. The highest BCUT2D eigenvalue weighted by Crippen LogP contribution is 2.50. The van der Waals surface area contributed by atoms with E-state index in [9.17, 15) is 19.2 Å². The molecule has 4 aliphatic carbocycles. The van der Waals surface area contributed by atoms with Crippen molar-refractivity contribution in [2.45, 2.75) is 207 Å². The van der Waals surface area contributed by atoms with Gasteiger partial charge in [0.05, 0.1) is 95.0 Å². The van der Waals surface area contributed by atoms with Gasteiger partial charge in [-0.3, -0.25) is 24.2 Å². The zero-order valence-corrected chi connectivity index (χ0v) is 80.2. The van der Waals surface area contributed by atoms with Crippen molar-refractivity contribution < 1.29 is 23.9 Å². The molecule has 11 aromatic rings. The molecule has 19 rings (SSSR count). The minimum absolute atomic E-state index is 0.0226. The highest BCUT2D eigenvalue weighted by Gasteiger charge is 2.51. The maximum atomic E-state index is 12.8. The summed E-state index contributed by atoms with van der Waals surface area (Å²) in [6.07, 6.45) is 28.2. The van der Waals surface area contributed by atoms with Gasteiger partial charge in [0, 0.05) is 116 Å². The van der Waals surface area contributed by atoms with Gasteiger partial charge in [-0.1, -0.05) is 105 Å². The van der Waals surface area contributed by atoms with Crippen LogP contribution < -0.4 is 45.6 Å². The maximum Gasteiger partial charge on any atom is 0.325 e. The molecule has 690 valence electrons. The van der Waals surface area contributed by atoms with E-state index in [4.69, 9.17) is 36.4 Å². The molecule has 6 atom stereocenters. The van der Waals surface area contributed by atoms with Crippen molar-refractivity contribution in [1.29, 1.82) is 0 Å². The van der Waals surface area contributed by atoms with E-state index >= 15 is 0 Å². The summed E-state index contributed by atoms with van der Waals surface area (Å²) in [6.45, 7) is 29.2.